The molecule has 1 aliphatic rings. The number of nitrogens with one attached hydrogen (secondary N) is 1. The van der Waals surface area contributed by atoms with Crippen molar-refractivity contribution in [3.63, 3.8) is 0 Å². The smallest absolute Gasteiger partial charge is 0.278 e. The molecule has 0 saturated carbocycles. The molecule has 0 radical (unpaired) electrons. The van der Waals surface area contributed by atoms with Gasteiger partial charge in [-0.1, -0.05) is 35.0 Å². The van der Waals surface area contributed by atoms with Crippen LogP contribution in [0.2, 0.25) is 5.02 Å². The van der Waals surface area contributed by atoms with E-state index in [1.807, 2.05) is 6.07 Å². The number of anilines is 1. The molecule has 0 atom stereocenters. The summed E-state index contributed by atoms with van der Waals surface area (Å²) >= 11 is 6.06. The average Bonchev–Trinajstić information content (AvgIpc) is 3.20. The number of primary amides is 1. The number of piperidine rings is 1. The van der Waals surface area contributed by atoms with Gasteiger partial charge in [0.05, 0.1) is 22.6 Å². The zero-order valence-electron chi connectivity index (χ0n) is 18.0. The number of benzene rings is 2. The van der Waals surface area contributed by atoms with Crippen LogP contribution < -0.4 is 11.1 Å². The summed E-state index contributed by atoms with van der Waals surface area (Å²) < 4.78 is 1.53. The second-order valence-corrected chi connectivity index (χ2v) is 8.32. The Morgan fingerprint density at radius 1 is 1.09 bits per heavy atom. The highest BCUT2D eigenvalue weighted by Crippen LogP contribution is 2.23. The summed E-state index contributed by atoms with van der Waals surface area (Å²) in [4.78, 5) is 39.2. The molecule has 0 aliphatic carbocycles. The van der Waals surface area contributed by atoms with E-state index in [4.69, 9.17) is 17.3 Å². The van der Waals surface area contributed by atoms with Crippen LogP contribution >= 0.6 is 11.6 Å². The third kappa shape index (κ3) is 4.73. The van der Waals surface area contributed by atoms with Crippen molar-refractivity contribution in [2.75, 3.05) is 18.4 Å². The minimum Gasteiger partial charge on any atom is -0.369 e. The zero-order chi connectivity index (χ0) is 23.5. The van der Waals surface area contributed by atoms with Gasteiger partial charge in [-0.2, -0.15) is 0 Å². The fourth-order valence-corrected chi connectivity index (χ4v) is 4.07. The van der Waals surface area contributed by atoms with E-state index >= 15 is 0 Å². The number of para-hydroxylation sites is 1. The topological polar surface area (TPSA) is 123 Å². The van der Waals surface area contributed by atoms with Crippen LogP contribution in [0.1, 0.15) is 39.4 Å². The number of hydrogen-bond acceptors (Lipinski definition) is 5. The minimum atomic E-state index is -0.478. The number of carbonyl (C=O) groups excluding carboxylic acids is 3. The Morgan fingerprint density at radius 2 is 1.82 bits per heavy atom. The van der Waals surface area contributed by atoms with Crippen molar-refractivity contribution < 1.29 is 14.4 Å². The first-order valence-electron chi connectivity index (χ1n) is 10.5. The van der Waals surface area contributed by atoms with E-state index in [2.05, 4.69) is 15.6 Å². The Labute approximate surface area is 195 Å². The molecule has 3 amide bonds. The summed E-state index contributed by atoms with van der Waals surface area (Å²) in [6, 6.07) is 13.9. The SMILES string of the molecule is Cc1c(C(=O)Nc2ccccc2C(=O)N2CCC(C(N)=O)CC2)nnn1-c1cccc(Cl)c1. The number of rotatable bonds is 5. The molecule has 1 saturated heterocycles. The van der Waals surface area contributed by atoms with Gasteiger partial charge in [-0.25, -0.2) is 4.68 Å². The maximum absolute atomic E-state index is 13.1. The van der Waals surface area contributed by atoms with Gasteiger partial charge in [-0.15, -0.1) is 5.10 Å². The molecule has 10 heteroatoms. The van der Waals surface area contributed by atoms with Crippen LogP contribution in [0.5, 0.6) is 0 Å². The van der Waals surface area contributed by atoms with Crippen LogP contribution in [0.25, 0.3) is 5.69 Å². The highest BCUT2D eigenvalue weighted by Gasteiger charge is 2.28. The lowest BCUT2D eigenvalue weighted by Crippen LogP contribution is -2.42. The second kappa shape index (κ2) is 9.41. The van der Waals surface area contributed by atoms with E-state index in [0.29, 0.717) is 53.6 Å². The molecular weight excluding hydrogens is 444 g/mol. The average molecular weight is 467 g/mol. The Bertz CT molecular complexity index is 1220. The number of likely N-dealkylation sites (tertiary alicyclic amines) is 1. The van der Waals surface area contributed by atoms with Crippen LogP contribution in [0.15, 0.2) is 48.5 Å². The first-order chi connectivity index (χ1) is 15.8. The summed E-state index contributed by atoms with van der Waals surface area (Å²) in [5, 5.41) is 11.4. The quantitative estimate of drug-likeness (QED) is 0.598. The van der Waals surface area contributed by atoms with Crippen LogP contribution in [-0.4, -0.2) is 50.7 Å². The van der Waals surface area contributed by atoms with Gasteiger partial charge in [0, 0.05) is 24.0 Å². The van der Waals surface area contributed by atoms with Gasteiger partial charge >= 0.3 is 0 Å². The van der Waals surface area contributed by atoms with Gasteiger partial charge < -0.3 is 16.0 Å². The monoisotopic (exact) mass is 466 g/mol. The summed E-state index contributed by atoms with van der Waals surface area (Å²) in [6.45, 7) is 2.60. The van der Waals surface area contributed by atoms with Crippen molar-refractivity contribution in [3.05, 3.63) is 70.5 Å². The summed E-state index contributed by atoms with van der Waals surface area (Å²) in [5.74, 6) is -1.24. The van der Waals surface area contributed by atoms with Crippen LogP contribution in [0, 0.1) is 12.8 Å². The van der Waals surface area contributed by atoms with E-state index in [-0.39, 0.29) is 23.4 Å². The third-order valence-corrected chi connectivity index (χ3v) is 5.99. The standard InChI is InChI=1S/C23H23ClN6O3/c1-14-20(27-28-30(14)17-6-4-5-16(24)13-17)22(32)26-19-8-3-2-7-18(19)23(33)29-11-9-15(10-12-29)21(25)31/h2-8,13,15H,9-12H2,1H3,(H2,25,31)(H,26,32). The first kappa shape index (κ1) is 22.5. The summed E-state index contributed by atoms with van der Waals surface area (Å²) in [7, 11) is 0. The molecule has 1 fully saturated rings. The number of halogens is 1. The second-order valence-electron chi connectivity index (χ2n) is 7.88. The number of nitrogens with zero attached hydrogens (tertiary/aromatic N) is 4. The molecule has 0 spiro atoms. The molecule has 170 valence electrons. The van der Waals surface area contributed by atoms with Crippen LogP contribution in [-0.2, 0) is 4.79 Å². The molecule has 3 N–H and O–H groups in total. The Balaban J connectivity index is 1.52. The van der Waals surface area contributed by atoms with Gasteiger partial charge in [-0.05, 0) is 50.1 Å². The summed E-state index contributed by atoms with van der Waals surface area (Å²) in [6.07, 6.45) is 1.06. The highest BCUT2D eigenvalue weighted by molar-refractivity contribution is 6.30. The van der Waals surface area contributed by atoms with Crippen molar-refractivity contribution >= 4 is 35.0 Å². The molecule has 1 aliphatic heterocycles. The first-order valence-corrected chi connectivity index (χ1v) is 10.9. The minimum absolute atomic E-state index is 0.138. The molecule has 9 nitrogen and oxygen atoms in total. The Morgan fingerprint density at radius 3 is 2.52 bits per heavy atom. The molecule has 3 aromatic rings. The largest absolute Gasteiger partial charge is 0.369 e. The van der Waals surface area contributed by atoms with Crippen molar-refractivity contribution in [2.45, 2.75) is 19.8 Å². The lowest BCUT2D eigenvalue weighted by atomic mass is 9.95. The lowest BCUT2D eigenvalue weighted by Gasteiger charge is -2.31. The molecule has 1 aromatic heterocycles. The number of nitrogens with two attached hydrogens (primary N) is 1. The van der Waals surface area contributed by atoms with Crippen molar-refractivity contribution in [2.24, 2.45) is 11.7 Å². The third-order valence-electron chi connectivity index (χ3n) is 5.75. The van der Waals surface area contributed by atoms with Gasteiger partial charge in [0.25, 0.3) is 11.8 Å². The molecule has 2 heterocycles. The van der Waals surface area contributed by atoms with Gasteiger partial charge in [0.2, 0.25) is 5.91 Å². The highest BCUT2D eigenvalue weighted by atomic mass is 35.5. The molecule has 0 bridgehead atoms. The predicted octanol–water partition coefficient (Wildman–Crippen LogP) is 2.82. The lowest BCUT2D eigenvalue weighted by molar-refractivity contribution is -0.123. The summed E-state index contributed by atoms with van der Waals surface area (Å²) in [5.41, 5.74) is 7.48. The maximum Gasteiger partial charge on any atom is 0.278 e. The van der Waals surface area contributed by atoms with E-state index in [1.54, 1.807) is 54.3 Å². The van der Waals surface area contributed by atoms with Crippen LogP contribution in [0.3, 0.4) is 0 Å². The van der Waals surface area contributed by atoms with Gasteiger partial charge in [0.15, 0.2) is 5.69 Å². The van der Waals surface area contributed by atoms with Crippen LogP contribution in [0.4, 0.5) is 5.69 Å². The Hall–Kier alpha value is -3.72. The van der Waals surface area contributed by atoms with Gasteiger partial charge in [0.1, 0.15) is 0 Å². The van der Waals surface area contributed by atoms with Crippen molar-refractivity contribution in [3.8, 4) is 5.69 Å². The fraction of sp³-hybridized carbons (Fsp3) is 0.261. The molecule has 0 unspecified atom stereocenters. The molecule has 2 aromatic carbocycles. The number of aromatic nitrogens is 3. The van der Waals surface area contributed by atoms with Gasteiger partial charge in [-0.3, -0.25) is 14.4 Å². The number of amides is 3. The molecular formula is C23H23ClN6O3. The normalized spacial score (nSPS) is 14.2. The number of carbonyl (C=O) groups is 3. The van der Waals surface area contributed by atoms with E-state index < -0.39 is 5.91 Å². The maximum atomic E-state index is 13.1. The van der Waals surface area contributed by atoms with Crippen molar-refractivity contribution in [1.29, 1.82) is 0 Å². The fourth-order valence-electron chi connectivity index (χ4n) is 3.89. The molecule has 4 rings (SSSR count). The van der Waals surface area contributed by atoms with E-state index in [1.165, 1.54) is 4.68 Å². The van der Waals surface area contributed by atoms with E-state index in [9.17, 15) is 14.4 Å². The van der Waals surface area contributed by atoms with E-state index in [0.717, 1.165) is 0 Å². The number of hydrogen-bond donors (Lipinski definition) is 2. The Kier molecular flexibility index (Phi) is 6.41. The molecule has 33 heavy (non-hydrogen) atoms. The predicted molar refractivity (Wildman–Crippen MR) is 123 cm³/mol. The zero-order valence-corrected chi connectivity index (χ0v) is 18.7. The van der Waals surface area contributed by atoms with Crippen molar-refractivity contribution in [1.82, 2.24) is 19.9 Å².